The molecule has 0 radical (unpaired) electrons. The molecule has 28 heavy (non-hydrogen) atoms. The SMILES string of the molecule is CSc1ccc(CC(C=Nc2nc(C(=O)O)cs2)=C(N)c2ccccc2)cc1. The van der Waals surface area contributed by atoms with Crippen LogP contribution in [0, 0.1) is 0 Å². The highest BCUT2D eigenvalue weighted by molar-refractivity contribution is 7.98. The van der Waals surface area contributed by atoms with Crippen molar-refractivity contribution >= 4 is 46.1 Å². The largest absolute Gasteiger partial charge is 0.476 e. The van der Waals surface area contributed by atoms with Gasteiger partial charge in [-0.05, 0) is 35.1 Å². The Bertz CT molecular complexity index is 1010. The number of benzene rings is 2. The van der Waals surface area contributed by atoms with E-state index in [1.165, 1.54) is 21.6 Å². The maximum atomic E-state index is 11.0. The zero-order valence-corrected chi connectivity index (χ0v) is 16.8. The zero-order chi connectivity index (χ0) is 19.9. The number of carboxylic acids is 1. The van der Waals surface area contributed by atoms with Crippen molar-refractivity contribution in [2.24, 2.45) is 10.7 Å². The number of aromatic carboxylic acids is 1. The van der Waals surface area contributed by atoms with Gasteiger partial charge in [0.15, 0.2) is 5.69 Å². The number of hydrogen-bond donors (Lipinski definition) is 2. The average molecular weight is 410 g/mol. The van der Waals surface area contributed by atoms with Crippen LogP contribution in [0.3, 0.4) is 0 Å². The van der Waals surface area contributed by atoms with Gasteiger partial charge in [0.05, 0.1) is 0 Å². The molecule has 3 aromatic rings. The van der Waals surface area contributed by atoms with Gasteiger partial charge in [0.2, 0.25) is 5.13 Å². The lowest BCUT2D eigenvalue weighted by Crippen LogP contribution is -2.05. The lowest BCUT2D eigenvalue weighted by atomic mass is 10.0. The monoisotopic (exact) mass is 409 g/mol. The molecule has 0 unspecified atom stereocenters. The van der Waals surface area contributed by atoms with Crippen molar-refractivity contribution in [1.82, 2.24) is 4.98 Å². The molecule has 0 aliphatic carbocycles. The number of hydrogen-bond acceptors (Lipinski definition) is 6. The maximum Gasteiger partial charge on any atom is 0.355 e. The molecule has 0 spiro atoms. The van der Waals surface area contributed by atoms with E-state index in [0.29, 0.717) is 17.2 Å². The predicted molar refractivity (Wildman–Crippen MR) is 117 cm³/mol. The van der Waals surface area contributed by atoms with Crippen molar-refractivity contribution in [3.05, 3.63) is 82.4 Å². The van der Waals surface area contributed by atoms with Crippen molar-refractivity contribution in [2.75, 3.05) is 6.26 Å². The van der Waals surface area contributed by atoms with Gasteiger partial charge in [0, 0.05) is 28.6 Å². The molecular formula is C21H19N3O2S2. The molecule has 0 saturated carbocycles. The summed E-state index contributed by atoms with van der Waals surface area (Å²) in [5.74, 6) is -1.06. The second kappa shape index (κ2) is 9.34. The van der Waals surface area contributed by atoms with Gasteiger partial charge in [-0.25, -0.2) is 14.8 Å². The van der Waals surface area contributed by atoms with E-state index in [1.807, 2.05) is 36.6 Å². The van der Waals surface area contributed by atoms with Crippen LogP contribution in [0.2, 0.25) is 0 Å². The molecule has 3 N–H and O–H groups in total. The van der Waals surface area contributed by atoms with Gasteiger partial charge in [-0.2, -0.15) is 0 Å². The summed E-state index contributed by atoms with van der Waals surface area (Å²) in [6.45, 7) is 0. The lowest BCUT2D eigenvalue weighted by Gasteiger charge is -2.09. The number of thioether (sulfide) groups is 1. The van der Waals surface area contributed by atoms with Gasteiger partial charge >= 0.3 is 5.97 Å². The van der Waals surface area contributed by atoms with Crippen LogP contribution in [-0.4, -0.2) is 28.5 Å². The van der Waals surface area contributed by atoms with E-state index in [1.54, 1.807) is 18.0 Å². The molecule has 0 bridgehead atoms. The highest BCUT2D eigenvalue weighted by atomic mass is 32.2. The fourth-order valence-corrected chi connectivity index (χ4v) is 3.58. The van der Waals surface area contributed by atoms with Gasteiger partial charge in [-0.15, -0.1) is 23.1 Å². The number of nitrogens with two attached hydrogens (primary N) is 1. The molecule has 7 heteroatoms. The molecule has 2 aromatic carbocycles. The molecule has 0 atom stereocenters. The van der Waals surface area contributed by atoms with E-state index in [0.717, 1.165) is 16.7 Å². The van der Waals surface area contributed by atoms with Gasteiger partial charge in [0.25, 0.3) is 0 Å². The van der Waals surface area contributed by atoms with Crippen molar-refractivity contribution in [3.8, 4) is 0 Å². The highest BCUT2D eigenvalue weighted by Gasteiger charge is 2.09. The smallest absolute Gasteiger partial charge is 0.355 e. The molecule has 142 valence electrons. The molecular weight excluding hydrogens is 390 g/mol. The second-order valence-corrected chi connectivity index (χ2v) is 7.62. The van der Waals surface area contributed by atoms with Crippen LogP contribution in [-0.2, 0) is 6.42 Å². The number of rotatable bonds is 7. The van der Waals surface area contributed by atoms with Crippen LogP contribution in [0.15, 0.2) is 75.4 Å². The standard InChI is InChI=1S/C21H19N3O2S2/c1-27-17-9-7-14(8-10-17)11-16(19(22)15-5-3-2-4-6-15)12-23-21-24-18(13-28-21)20(25)26/h2-10,12-13H,11,22H2,1H3,(H,25,26). The first-order chi connectivity index (χ1) is 13.6. The Hall–Kier alpha value is -2.90. The van der Waals surface area contributed by atoms with E-state index < -0.39 is 5.97 Å². The predicted octanol–water partition coefficient (Wildman–Crippen LogP) is 4.88. The third-order valence-electron chi connectivity index (χ3n) is 4.03. The molecule has 0 fully saturated rings. The van der Waals surface area contributed by atoms with Gasteiger partial charge in [0.1, 0.15) is 0 Å². The summed E-state index contributed by atoms with van der Waals surface area (Å²) in [5, 5.41) is 10.9. The topological polar surface area (TPSA) is 88.6 Å². The zero-order valence-electron chi connectivity index (χ0n) is 15.2. The van der Waals surface area contributed by atoms with Crippen LogP contribution < -0.4 is 5.73 Å². The number of thiazole rings is 1. The van der Waals surface area contributed by atoms with E-state index in [2.05, 4.69) is 34.2 Å². The highest BCUT2D eigenvalue weighted by Crippen LogP contribution is 2.22. The van der Waals surface area contributed by atoms with Gasteiger partial charge < -0.3 is 10.8 Å². The molecule has 0 amide bonds. The Morgan fingerprint density at radius 2 is 1.93 bits per heavy atom. The minimum absolute atomic E-state index is 0.00800. The quantitative estimate of drug-likeness (QED) is 0.429. The number of carboxylic acid groups (broad SMARTS) is 1. The molecule has 3 rings (SSSR count). The van der Waals surface area contributed by atoms with Crippen LogP contribution in [0.1, 0.15) is 21.6 Å². The number of aliphatic imine (C=N–C) groups is 1. The average Bonchev–Trinajstić information content (AvgIpc) is 3.21. The van der Waals surface area contributed by atoms with Crippen molar-refractivity contribution in [3.63, 3.8) is 0 Å². The fourth-order valence-electron chi connectivity index (χ4n) is 2.53. The molecule has 1 aromatic heterocycles. The van der Waals surface area contributed by atoms with E-state index in [9.17, 15) is 4.79 Å². The number of carbonyl (C=O) groups is 1. The maximum absolute atomic E-state index is 11.0. The van der Waals surface area contributed by atoms with Gasteiger partial charge in [-0.1, -0.05) is 42.5 Å². The summed E-state index contributed by atoms with van der Waals surface area (Å²) in [7, 11) is 0. The summed E-state index contributed by atoms with van der Waals surface area (Å²) in [6.07, 6.45) is 4.32. The Morgan fingerprint density at radius 3 is 2.54 bits per heavy atom. The van der Waals surface area contributed by atoms with Crippen molar-refractivity contribution < 1.29 is 9.90 Å². The minimum Gasteiger partial charge on any atom is -0.476 e. The van der Waals surface area contributed by atoms with Crippen molar-refractivity contribution in [2.45, 2.75) is 11.3 Å². The molecule has 0 saturated heterocycles. The Morgan fingerprint density at radius 1 is 1.21 bits per heavy atom. The summed E-state index contributed by atoms with van der Waals surface area (Å²) >= 11 is 2.88. The van der Waals surface area contributed by atoms with E-state index in [4.69, 9.17) is 10.8 Å². The first-order valence-corrected chi connectivity index (χ1v) is 10.6. The Labute approximate surface area is 171 Å². The third-order valence-corrected chi connectivity index (χ3v) is 5.52. The van der Waals surface area contributed by atoms with Crippen LogP contribution in [0.5, 0.6) is 0 Å². The van der Waals surface area contributed by atoms with E-state index in [-0.39, 0.29) is 5.69 Å². The first-order valence-electron chi connectivity index (χ1n) is 8.46. The first kappa shape index (κ1) is 19.9. The normalized spacial score (nSPS) is 12.2. The van der Waals surface area contributed by atoms with Gasteiger partial charge in [-0.3, -0.25) is 0 Å². The summed E-state index contributed by atoms with van der Waals surface area (Å²) in [6, 6.07) is 18.0. The molecule has 1 heterocycles. The van der Waals surface area contributed by atoms with Crippen LogP contribution in [0.4, 0.5) is 5.13 Å². The van der Waals surface area contributed by atoms with Crippen LogP contribution in [0.25, 0.3) is 5.70 Å². The molecule has 0 aliphatic rings. The fraction of sp³-hybridized carbons (Fsp3) is 0.0952. The lowest BCUT2D eigenvalue weighted by molar-refractivity contribution is 0.0691. The summed E-state index contributed by atoms with van der Waals surface area (Å²) in [4.78, 5) is 20.6. The summed E-state index contributed by atoms with van der Waals surface area (Å²) in [5.41, 5.74) is 9.93. The van der Waals surface area contributed by atoms with Crippen molar-refractivity contribution in [1.29, 1.82) is 0 Å². The number of nitrogens with zero attached hydrogens (tertiary/aromatic N) is 2. The van der Waals surface area contributed by atoms with E-state index >= 15 is 0 Å². The molecule has 5 nitrogen and oxygen atoms in total. The Balaban J connectivity index is 1.93. The minimum atomic E-state index is -1.06. The second-order valence-electron chi connectivity index (χ2n) is 5.91. The molecule has 0 aliphatic heterocycles. The van der Waals surface area contributed by atoms with Crippen LogP contribution >= 0.6 is 23.1 Å². The summed E-state index contributed by atoms with van der Waals surface area (Å²) < 4.78 is 0. The Kier molecular flexibility index (Phi) is 6.62. The number of allylic oxidation sites excluding steroid dienone is 1. The number of aromatic nitrogens is 1. The third kappa shape index (κ3) is 5.09.